The lowest BCUT2D eigenvalue weighted by molar-refractivity contribution is -0.125. The van der Waals surface area contributed by atoms with E-state index in [4.69, 9.17) is 4.52 Å². The minimum Gasteiger partial charge on any atom is -0.356 e. The van der Waals surface area contributed by atoms with Crippen molar-refractivity contribution in [2.75, 3.05) is 30.8 Å². The molecule has 3 aromatic heterocycles. The average Bonchev–Trinajstić information content (AvgIpc) is 3.57. The summed E-state index contributed by atoms with van der Waals surface area (Å²) in [5.74, 6) is 0.805. The minimum absolute atomic E-state index is 0.0782. The number of hydrogen-bond donors (Lipinski definition) is 1. The molecule has 1 fully saturated rings. The fraction of sp³-hybridized carbons (Fsp3) is 0.417. The van der Waals surface area contributed by atoms with E-state index in [1.165, 1.54) is 22.2 Å². The molecule has 0 aliphatic carbocycles. The van der Waals surface area contributed by atoms with Crippen LogP contribution in [0, 0.1) is 5.92 Å². The fourth-order valence-electron chi connectivity index (χ4n) is 4.16. The number of rotatable bonds is 8. The second-order valence-corrected chi connectivity index (χ2v) is 10.5. The normalized spacial score (nSPS) is 15.9. The van der Waals surface area contributed by atoms with Crippen molar-refractivity contribution in [3.63, 3.8) is 0 Å². The maximum Gasteiger partial charge on any atom is 0.273 e. The topological polar surface area (TPSA) is 119 Å². The third-order valence-corrected chi connectivity index (χ3v) is 7.94. The van der Waals surface area contributed by atoms with Gasteiger partial charge in [0.25, 0.3) is 5.56 Å². The van der Waals surface area contributed by atoms with E-state index in [1.807, 2.05) is 37.4 Å². The van der Waals surface area contributed by atoms with Gasteiger partial charge in [-0.15, -0.1) is 11.8 Å². The van der Waals surface area contributed by atoms with Crippen LogP contribution in [0.15, 0.2) is 44.8 Å². The van der Waals surface area contributed by atoms with Crippen molar-refractivity contribution in [3.8, 4) is 11.4 Å². The number of nitrogens with zero attached hydrogens (tertiary/aromatic N) is 6. The van der Waals surface area contributed by atoms with Crippen LogP contribution in [0.4, 0.5) is 5.13 Å². The van der Waals surface area contributed by atoms with Gasteiger partial charge in [-0.25, -0.2) is 4.98 Å². The molecule has 4 aromatic rings. The van der Waals surface area contributed by atoms with Gasteiger partial charge in [0.05, 0.1) is 5.92 Å². The van der Waals surface area contributed by atoms with Gasteiger partial charge >= 0.3 is 0 Å². The molecule has 4 heterocycles. The Kier molecular flexibility index (Phi) is 7.33. The summed E-state index contributed by atoms with van der Waals surface area (Å²) in [4.78, 5) is 42.3. The number of hydrogen-bond acceptors (Lipinski definition) is 10. The molecule has 1 atom stereocenters. The molecule has 1 unspecified atom stereocenters. The number of amides is 1. The SMILES string of the molecule is CCCNC(=O)C1CCCN(c2nc3ncn(Cc4nc(-c5ccc(SC)cc5)no4)c(=O)c3s2)C1. The molecular formula is C24H27N7O3S2. The van der Waals surface area contributed by atoms with Crippen molar-refractivity contribution in [3.05, 3.63) is 46.8 Å². The van der Waals surface area contributed by atoms with Gasteiger partial charge in [-0.2, -0.15) is 9.97 Å². The number of anilines is 1. The lowest BCUT2D eigenvalue weighted by Crippen LogP contribution is -2.43. The molecule has 1 N–H and O–H groups in total. The number of nitrogens with one attached hydrogen (secondary N) is 1. The summed E-state index contributed by atoms with van der Waals surface area (Å²) >= 11 is 2.97. The fourth-order valence-corrected chi connectivity index (χ4v) is 5.57. The van der Waals surface area contributed by atoms with Crippen molar-refractivity contribution in [1.29, 1.82) is 0 Å². The smallest absolute Gasteiger partial charge is 0.273 e. The van der Waals surface area contributed by atoms with Crippen molar-refractivity contribution in [1.82, 2.24) is 30.0 Å². The van der Waals surface area contributed by atoms with E-state index in [0.29, 0.717) is 40.3 Å². The van der Waals surface area contributed by atoms with Crippen LogP contribution in [0.3, 0.4) is 0 Å². The molecule has 12 heteroatoms. The molecule has 10 nitrogen and oxygen atoms in total. The van der Waals surface area contributed by atoms with Gasteiger partial charge < -0.3 is 14.7 Å². The second kappa shape index (κ2) is 10.8. The molecule has 188 valence electrons. The minimum atomic E-state index is -0.206. The first-order valence-corrected chi connectivity index (χ1v) is 14.0. The highest BCUT2D eigenvalue weighted by Crippen LogP contribution is 2.29. The molecule has 1 aliphatic heterocycles. The molecule has 5 rings (SSSR count). The third-order valence-electron chi connectivity index (χ3n) is 6.11. The molecule has 36 heavy (non-hydrogen) atoms. The van der Waals surface area contributed by atoms with Gasteiger partial charge in [0.15, 0.2) is 10.8 Å². The van der Waals surface area contributed by atoms with Crippen LogP contribution in [0.5, 0.6) is 0 Å². The van der Waals surface area contributed by atoms with Crippen LogP contribution in [-0.4, -0.2) is 56.5 Å². The predicted molar refractivity (Wildman–Crippen MR) is 141 cm³/mol. The summed E-state index contributed by atoms with van der Waals surface area (Å²) in [5, 5.41) is 7.76. The van der Waals surface area contributed by atoms with Gasteiger partial charge in [0, 0.05) is 30.1 Å². The molecular weight excluding hydrogens is 498 g/mol. The van der Waals surface area contributed by atoms with Gasteiger partial charge in [-0.1, -0.05) is 23.4 Å². The van der Waals surface area contributed by atoms with E-state index in [9.17, 15) is 9.59 Å². The standard InChI is InChI=1S/C24H27N7O3S2/c1-3-10-25-22(32)16-5-4-11-30(12-16)24-28-21-19(36-24)23(33)31(14-26-21)13-18-27-20(29-34-18)15-6-8-17(35-2)9-7-15/h6-9,14,16H,3-5,10-13H2,1-2H3,(H,25,32). The van der Waals surface area contributed by atoms with Crippen molar-refractivity contribution in [2.45, 2.75) is 37.6 Å². The first-order chi connectivity index (χ1) is 17.6. The van der Waals surface area contributed by atoms with Gasteiger partial charge in [0.1, 0.15) is 17.6 Å². The number of thiazole rings is 1. The Hall–Kier alpha value is -3.25. The number of piperidine rings is 1. The van der Waals surface area contributed by atoms with Gasteiger partial charge in [-0.3, -0.25) is 14.2 Å². The van der Waals surface area contributed by atoms with Crippen molar-refractivity contribution in [2.24, 2.45) is 5.92 Å². The Bertz CT molecular complexity index is 1410. The summed E-state index contributed by atoms with van der Waals surface area (Å²) in [5.41, 5.74) is 1.05. The highest BCUT2D eigenvalue weighted by Gasteiger charge is 2.28. The summed E-state index contributed by atoms with van der Waals surface area (Å²) in [6.45, 7) is 4.23. The molecule has 1 aliphatic rings. The number of carbonyl (C=O) groups excluding carboxylic acids is 1. The van der Waals surface area contributed by atoms with E-state index in [0.717, 1.165) is 36.3 Å². The number of thioether (sulfide) groups is 1. The van der Waals surface area contributed by atoms with Crippen molar-refractivity contribution < 1.29 is 9.32 Å². The molecule has 0 spiro atoms. The van der Waals surface area contributed by atoms with Gasteiger partial charge in [0.2, 0.25) is 17.6 Å². The number of benzene rings is 1. The summed E-state index contributed by atoms with van der Waals surface area (Å²) in [7, 11) is 0. The zero-order chi connectivity index (χ0) is 25.1. The Labute approximate surface area is 216 Å². The monoisotopic (exact) mass is 525 g/mol. The molecule has 0 saturated carbocycles. The molecule has 0 radical (unpaired) electrons. The van der Waals surface area contributed by atoms with Crippen LogP contribution in [0.25, 0.3) is 21.7 Å². The van der Waals surface area contributed by atoms with E-state index >= 15 is 0 Å². The lowest BCUT2D eigenvalue weighted by atomic mass is 9.97. The largest absolute Gasteiger partial charge is 0.356 e. The lowest BCUT2D eigenvalue weighted by Gasteiger charge is -2.31. The third kappa shape index (κ3) is 5.14. The predicted octanol–water partition coefficient (Wildman–Crippen LogP) is 3.42. The second-order valence-electron chi connectivity index (χ2n) is 8.64. The Morgan fingerprint density at radius 2 is 2.11 bits per heavy atom. The molecule has 1 saturated heterocycles. The van der Waals surface area contributed by atoms with E-state index in [-0.39, 0.29) is 23.9 Å². The van der Waals surface area contributed by atoms with Crippen LogP contribution in [-0.2, 0) is 11.3 Å². The summed E-state index contributed by atoms with van der Waals surface area (Å²) < 4.78 is 7.32. The highest BCUT2D eigenvalue weighted by molar-refractivity contribution is 7.98. The van der Waals surface area contributed by atoms with Crippen LogP contribution in [0.1, 0.15) is 32.1 Å². The van der Waals surface area contributed by atoms with E-state index in [2.05, 4.69) is 30.3 Å². The van der Waals surface area contributed by atoms with Crippen LogP contribution >= 0.6 is 23.1 Å². The van der Waals surface area contributed by atoms with Crippen molar-refractivity contribution >= 4 is 44.5 Å². The Morgan fingerprint density at radius 3 is 2.89 bits per heavy atom. The Balaban J connectivity index is 1.32. The number of carbonyl (C=O) groups is 1. The summed E-state index contributed by atoms with van der Waals surface area (Å²) in [6.07, 6.45) is 6.15. The molecule has 1 amide bonds. The summed E-state index contributed by atoms with van der Waals surface area (Å²) in [6, 6.07) is 7.89. The maximum absolute atomic E-state index is 13.2. The first-order valence-electron chi connectivity index (χ1n) is 11.9. The van der Waals surface area contributed by atoms with E-state index in [1.54, 1.807) is 11.8 Å². The highest BCUT2D eigenvalue weighted by atomic mass is 32.2. The number of aromatic nitrogens is 5. The quantitative estimate of drug-likeness (QED) is 0.345. The molecule has 0 bridgehead atoms. The van der Waals surface area contributed by atoms with E-state index < -0.39 is 0 Å². The number of fused-ring (bicyclic) bond motifs is 1. The maximum atomic E-state index is 13.2. The zero-order valence-corrected chi connectivity index (χ0v) is 21.8. The van der Waals surface area contributed by atoms with Crippen LogP contribution in [0.2, 0.25) is 0 Å². The first kappa shape index (κ1) is 24.4. The zero-order valence-electron chi connectivity index (χ0n) is 20.1. The molecule has 1 aromatic carbocycles. The van der Waals surface area contributed by atoms with Gasteiger partial charge in [-0.05, 0) is 49.8 Å². The Morgan fingerprint density at radius 1 is 1.28 bits per heavy atom. The average molecular weight is 526 g/mol. The van der Waals surface area contributed by atoms with Crippen LogP contribution < -0.4 is 15.8 Å².